The summed E-state index contributed by atoms with van der Waals surface area (Å²) < 4.78 is 5.62. The molecule has 0 amide bonds. The lowest BCUT2D eigenvalue weighted by Gasteiger charge is -2.06. The van der Waals surface area contributed by atoms with Crippen molar-refractivity contribution in [1.82, 2.24) is 5.32 Å². The first-order valence-electron chi connectivity index (χ1n) is 6.46. The summed E-state index contributed by atoms with van der Waals surface area (Å²) in [5.74, 6) is 0.908. The number of benzene rings is 1. The molecule has 1 aromatic rings. The van der Waals surface area contributed by atoms with Gasteiger partial charge in [-0.25, -0.2) is 0 Å². The van der Waals surface area contributed by atoms with E-state index in [1.54, 1.807) is 0 Å². The zero-order chi connectivity index (χ0) is 11.9. The first-order valence-corrected chi connectivity index (χ1v) is 6.84. The van der Waals surface area contributed by atoms with Gasteiger partial charge >= 0.3 is 0 Å². The number of ether oxygens (including phenoxy) is 1. The summed E-state index contributed by atoms with van der Waals surface area (Å²) in [6, 6.07) is 8.38. The van der Waals surface area contributed by atoms with Crippen molar-refractivity contribution in [2.75, 3.05) is 13.2 Å². The van der Waals surface area contributed by atoms with E-state index in [1.165, 1.54) is 25.7 Å². The molecule has 94 valence electrons. The smallest absolute Gasteiger partial charge is 0.119 e. The zero-order valence-corrected chi connectivity index (χ0v) is 10.9. The Morgan fingerprint density at radius 3 is 2.59 bits per heavy atom. The topological polar surface area (TPSA) is 21.3 Å². The Morgan fingerprint density at radius 1 is 1.12 bits per heavy atom. The van der Waals surface area contributed by atoms with Crippen molar-refractivity contribution < 1.29 is 4.74 Å². The SMILES string of the molecule is Clc1ccc(OCCCCCNC2CC2)cc1. The summed E-state index contributed by atoms with van der Waals surface area (Å²) in [6.07, 6.45) is 6.35. The van der Waals surface area contributed by atoms with Crippen LogP contribution >= 0.6 is 11.6 Å². The minimum Gasteiger partial charge on any atom is -0.494 e. The molecule has 1 saturated carbocycles. The molecule has 0 bridgehead atoms. The highest BCUT2D eigenvalue weighted by Crippen LogP contribution is 2.18. The molecular formula is C14H20ClNO. The molecule has 0 unspecified atom stereocenters. The summed E-state index contributed by atoms with van der Waals surface area (Å²) in [5, 5.41) is 4.27. The third kappa shape index (κ3) is 5.42. The zero-order valence-electron chi connectivity index (χ0n) is 10.1. The van der Waals surface area contributed by atoms with Gasteiger partial charge in [0.2, 0.25) is 0 Å². The van der Waals surface area contributed by atoms with Crippen LogP contribution in [0.25, 0.3) is 0 Å². The van der Waals surface area contributed by atoms with Crippen molar-refractivity contribution in [3.8, 4) is 5.75 Å². The number of halogens is 1. The molecule has 1 aromatic carbocycles. The van der Waals surface area contributed by atoms with Crippen molar-refractivity contribution in [3.63, 3.8) is 0 Å². The van der Waals surface area contributed by atoms with Gasteiger partial charge in [0.1, 0.15) is 5.75 Å². The first kappa shape index (κ1) is 12.7. The number of hydrogen-bond acceptors (Lipinski definition) is 2. The van der Waals surface area contributed by atoms with E-state index in [-0.39, 0.29) is 0 Å². The first-order chi connectivity index (χ1) is 8.34. The van der Waals surface area contributed by atoms with Gasteiger partial charge in [-0.15, -0.1) is 0 Å². The maximum Gasteiger partial charge on any atom is 0.119 e. The summed E-state index contributed by atoms with van der Waals surface area (Å²) in [6.45, 7) is 1.96. The molecule has 1 aliphatic rings. The highest BCUT2D eigenvalue weighted by atomic mass is 35.5. The molecule has 1 aliphatic carbocycles. The standard InChI is InChI=1S/C14H20ClNO/c15-12-4-8-14(9-5-12)17-11-3-1-2-10-16-13-6-7-13/h4-5,8-9,13,16H,1-3,6-7,10-11H2. The molecule has 0 aromatic heterocycles. The second kappa shape index (κ2) is 6.87. The average Bonchev–Trinajstić information content (AvgIpc) is 3.14. The number of nitrogens with one attached hydrogen (secondary N) is 1. The van der Waals surface area contributed by atoms with Crippen LogP contribution in [-0.2, 0) is 0 Å². The van der Waals surface area contributed by atoms with Crippen molar-refractivity contribution in [3.05, 3.63) is 29.3 Å². The van der Waals surface area contributed by atoms with E-state index in [2.05, 4.69) is 5.32 Å². The minimum atomic E-state index is 0.753. The Labute approximate surface area is 108 Å². The molecule has 2 rings (SSSR count). The van der Waals surface area contributed by atoms with Crippen LogP contribution < -0.4 is 10.1 Å². The van der Waals surface area contributed by atoms with E-state index in [4.69, 9.17) is 16.3 Å². The number of hydrogen-bond donors (Lipinski definition) is 1. The van der Waals surface area contributed by atoms with E-state index in [1.807, 2.05) is 24.3 Å². The lowest BCUT2D eigenvalue weighted by molar-refractivity contribution is 0.305. The summed E-state index contributed by atoms with van der Waals surface area (Å²) in [7, 11) is 0. The van der Waals surface area contributed by atoms with E-state index in [9.17, 15) is 0 Å². The van der Waals surface area contributed by atoms with Crippen molar-refractivity contribution >= 4 is 11.6 Å². The second-order valence-electron chi connectivity index (χ2n) is 4.59. The molecule has 0 spiro atoms. The van der Waals surface area contributed by atoms with Gasteiger partial charge in [0.15, 0.2) is 0 Å². The van der Waals surface area contributed by atoms with Gasteiger partial charge in [0.05, 0.1) is 6.61 Å². The fourth-order valence-corrected chi connectivity index (χ4v) is 1.84. The van der Waals surface area contributed by atoms with Gasteiger partial charge in [0, 0.05) is 11.1 Å². The third-order valence-corrected chi connectivity index (χ3v) is 3.17. The fraction of sp³-hybridized carbons (Fsp3) is 0.571. The van der Waals surface area contributed by atoms with E-state index in [0.29, 0.717) is 0 Å². The highest BCUT2D eigenvalue weighted by Gasteiger charge is 2.19. The van der Waals surface area contributed by atoms with Crippen molar-refractivity contribution in [2.45, 2.75) is 38.1 Å². The summed E-state index contributed by atoms with van der Waals surface area (Å²) >= 11 is 5.80. The van der Waals surface area contributed by atoms with Gasteiger partial charge in [-0.3, -0.25) is 0 Å². The predicted molar refractivity (Wildman–Crippen MR) is 71.8 cm³/mol. The quantitative estimate of drug-likeness (QED) is 0.715. The van der Waals surface area contributed by atoms with Crippen LogP contribution in [0.1, 0.15) is 32.1 Å². The molecule has 0 atom stereocenters. The Bertz CT molecular complexity index is 321. The molecule has 1 N–H and O–H groups in total. The molecule has 0 heterocycles. The highest BCUT2D eigenvalue weighted by molar-refractivity contribution is 6.30. The molecule has 0 aliphatic heterocycles. The van der Waals surface area contributed by atoms with Gasteiger partial charge in [-0.1, -0.05) is 11.6 Å². The Balaban J connectivity index is 1.46. The maximum absolute atomic E-state index is 5.80. The minimum absolute atomic E-state index is 0.753. The van der Waals surface area contributed by atoms with Gasteiger partial charge in [-0.05, 0) is 62.9 Å². The predicted octanol–water partition coefficient (Wildman–Crippen LogP) is 3.64. The lowest BCUT2D eigenvalue weighted by Crippen LogP contribution is -2.17. The van der Waals surface area contributed by atoms with Gasteiger partial charge < -0.3 is 10.1 Å². The lowest BCUT2D eigenvalue weighted by atomic mass is 10.2. The number of rotatable bonds is 8. The maximum atomic E-state index is 5.80. The Morgan fingerprint density at radius 2 is 1.88 bits per heavy atom. The van der Waals surface area contributed by atoms with Crippen LogP contribution in [0.4, 0.5) is 0 Å². The van der Waals surface area contributed by atoms with Gasteiger partial charge in [-0.2, -0.15) is 0 Å². The summed E-state index contributed by atoms with van der Waals surface area (Å²) in [5.41, 5.74) is 0. The molecule has 0 radical (unpaired) electrons. The fourth-order valence-electron chi connectivity index (χ4n) is 1.72. The molecule has 1 fully saturated rings. The molecule has 17 heavy (non-hydrogen) atoms. The molecule has 3 heteroatoms. The largest absolute Gasteiger partial charge is 0.494 e. The third-order valence-electron chi connectivity index (χ3n) is 2.91. The summed E-state index contributed by atoms with van der Waals surface area (Å²) in [4.78, 5) is 0. The molecular weight excluding hydrogens is 234 g/mol. The van der Waals surface area contributed by atoms with E-state index in [0.717, 1.165) is 36.4 Å². The van der Waals surface area contributed by atoms with Crippen molar-refractivity contribution in [1.29, 1.82) is 0 Å². The molecule has 2 nitrogen and oxygen atoms in total. The Kier molecular flexibility index (Phi) is 5.14. The van der Waals surface area contributed by atoms with Crippen LogP contribution in [0, 0.1) is 0 Å². The second-order valence-corrected chi connectivity index (χ2v) is 5.03. The van der Waals surface area contributed by atoms with Crippen LogP contribution in [0.5, 0.6) is 5.75 Å². The van der Waals surface area contributed by atoms with E-state index >= 15 is 0 Å². The van der Waals surface area contributed by atoms with Crippen LogP contribution in [0.3, 0.4) is 0 Å². The number of unbranched alkanes of at least 4 members (excludes halogenated alkanes) is 2. The monoisotopic (exact) mass is 253 g/mol. The molecule has 0 saturated heterocycles. The Hall–Kier alpha value is -0.730. The normalized spacial score (nSPS) is 14.9. The average molecular weight is 254 g/mol. The van der Waals surface area contributed by atoms with Crippen molar-refractivity contribution in [2.24, 2.45) is 0 Å². The van der Waals surface area contributed by atoms with Gasteiger partial charge in [0.25, 0.3) is 0 Å². The van der Waals surface area contributed by atoms with Crippen LogP contribution in [0.2, 0.25) is 5.02 Å². The van der Waals surface area contributed by atoms with Crippen LogP contribution in [0.15, 0.2) is 24.3 Å². The van der Waals surface area contributed by atoms with Crippen LogP contribution in [-0.4, -0.2) is 19.2 Å². The van der Waals surface area contributed by atoms with E-state index < -0.39 is 0 Å².